The second-order valence-electron chi connectivity index (χ2n) is 12.4. The van der Waals surface area contributed by atoms with Crippen molar-refractivity contribution in [2.75, 3.05) is 0 Å². The first-order valence-electron chi connectivity index (χ1n) is 16.1. The van der Waals surface area contributed by atoms with Crippen LogP contribution in [-0.2, 0) is 48.4 Å². The van der Waals surface area contributed by atoms with E-state index in [1.807, 2.05) is 94.4 Å². The predicted molar refractivity (Wildman–Crippen MR) is 181 cm³/mol. The van der Waals surface area contributed by atoms with Crippen LogP contribution in [0.2, 0.25) is 0 Å². The van der Waals surface area contributed by atoms with Gasteiger partial charge >= 0.3 is 12.0 Å². The van der Waals surface area contributed by atoms with E-state index in [0.29, 0.717) is 12.0 Å². The highest BCUT2D eigenvalue weighted by atomic mass is 16.7. The van der Waals surface area contributed by atoms with Crippen LogP contribution in [0.25, 0.3) is 0 Å². The number of benzene rings is 3. The molecule has 48 heavy (non-hydrogen) atoms. The van der Waals surface area contributed by atoms with E-state index in [1.165, 1.54) is 0 Å². The molecule has 0 aromatic heterocycles. The van der Waals surface area contributed by atoms with Gasteiger partial charge in [-0.15, -0.1) is 0 Å². The summed E-state index contributed by atoms with van der Waals surface area (Å²) in [5.41, 5.74) is 4.48. The minimum atomic E-state index is -1.25. The molecule has 4 N–H and O–H groups in total. The molecule has 3 unspecified atom stereocenters. The van der Waals surface area contributed by atoms with Crippen molar-refractivity contribution in [1.82, 2.24) is 21.4 Å². The van der Waals surface area contributed by atoms with Crippen molar-refractivity contribution < 1.29 is 33.5 Å². The van der Waals surface area contributed by atoms with Crippen LogP contribution in [-0.4, -0.2) is 47.7 Å². The van der Waals surface area contributed by atoms with Crippen LogP contribution in [0.5, 0.6) is 0 Å². The lowest BCUT2D eigenvalue weighted by atomic mass is 9.98. The van der Waals surface area contributed by atoms with Gasteiger partial charge in [0.25, 0.3) is 0 Å². The zero-order valence-electron chi connectivity index (χ0n) is 27.9. The van der Waals surface area contributed by atoms with Crippen molar-refractivity contribution in [3.8, 4) is 0 Å². The van der Waals surface area contributed by atoms with Gasteiger partial charge in [0.2, 0.25) is 17.6 Å². The molecule has 0 saturated heterocycles. The molecule has 0 fully saturated rings. The second-order valence-corrected chi connectivity index (χ2v) is 12.4. The maximum absolute atomic E-state index is 13.7. The lowest BCUT2D eigenvalue weighted by molar-refractivity contribution is -0.148. The number of carbonyl (C=O) groups excluding carboxylic acids is 5. The Labute approximate surface area is 282 Å². The summed E-state index contributed by atoms with van der Waals surface area (Å²) in [6.45, 7) is 7.67. The van der Waals surface area contributed by atoms with Gasteiger partial charge in [0.05, 0.1) is 6.61 Å². The number of hydroxylamine groups is 1. The Hall–Kier alpha value is -5.03. The topological polar surface area (TPSA) is 152 Å². The number of ketones is 1. The molecule has 0 spiro atoms. The Morgan fingerprint density at radius 2 is 1.00 bits per heavy atom. The zero-order valence-corrected chi connectivity index (χ0v) is 27.9. The molecule has 0 aliphatic rings. The Bertz CT molecular complexity index is 1470. The average molecular weight is 659 g/mol. The van der Waals surface area contributed by atoms with Gasteiger partial charge in [0.15, 0.2) is 0 Å². The van der Waals surface area contributed by atoms with Crippen molar-refractivity contribution in [3.05, 3.63) is 108 Å². The standard InChI is InChI=1S/C37H46N4O7/c1-25(2)20-31(39-35(44)32(21-26(3)4)40-37(46)47-23-28-16-10-6-11-17-28)34(43)38-30(22-27-14-8-5-9-15-27)33(42)36(45)41-48-24-29-18-12-7-13-19-29/h5-19,25-26,30-32H,20-24H2,1-4H3,(H,38,43)(H,39,44)(H,40,46)(H,41,45). The molecule has 3 aromatic carbocycles. The van der Waals surface area contributed by atoms with Crippen molar-refractivity contribution in [2.24, 2.45) is 11.8 Å². The van der Waals surface area contributed by atoms with E-state index in [1.54, 1.807) is 24.3 Å². The smallest absolute Gasteiger partial charge is 0.408 e. The number of hydrogen-bond acceptors (Lipinski definition) is 7. The Morgan fingerprint density at radius 1 is 0.562 bits per heavy atom. The predicted octanol–water partition coefficient (Wildman–Crippen LogP) is 4.40. The van der Waals surface area contributed by atoms with Crippen LogP contribution in [0.4, 0.5) is 4.79 Å². The van der Waals surface area contributed by atoms with Crippen molar-refractivity contribution in [3.63, 3.8) is 0 Å². The van der Waals surface area contributed by atoms with Crippen LogP contribution < -0.4 is 21.4 Å². The molecule has 3 atom stereocenters. The molecular formula is C37H46N4O7. The van der Waals surface area contributed by atoms with Crippen molar-refractivity contribution >= 4 is 29.6 Å². The summed E-state index contributed by atoms with van der Waals surface area (Å²) in [6.07, 6.45) is -0.201. The maximum atomic E-state index is 13.7. The zero-order chi connectivity index (χ0) is 34.9. The minimum absolute atomic E-state index is 0.0219. The van der Waals surface area contributed by atoms with Crippen LogP contribution in [0.15, 0.2) is 91.0 Å². The van der Waals surface area contributed by atoms with Gasteiger partial charge in [-0.05, 0) is 41.4 Å². The molecule has 0 aliphatic heterocycles. The van der Waals surface area contributed by atoms with Crippen LogP contribution in [0, 0.1) is 11.8 Å². The Balaban J connectivity index is 1.71. The molecular weight excluding hydrogens is 612 g/mol. The number of amides is 4. The first-order chi connectivity index (χ1) is 23.0. The molecule has 3 rings (SSSR count). The third-order valence-electron chi connectivity index (χ3n) is 7.25. The van der Waals surface area contributed by atoms with E-state index in [-0.39, 0.29) is 37.9 Å². The second kappa shape index (κ2) is 19.6. The van der Waals surface area contributed by atoms with Crippen LogP contribution >= 0.6 is 0 Å². The third-order valence-corrected chi connectivity index (χ3v) is 7.25. The van der Waals surface area contributed by atoms with E-state index >= 15 is 0 Å². The average Bonchev–Trinajstić information content (AvgIpc) is 3.07. The third kappa shape index (κ3) is 13.4. The SMILES string of the molecule is CC(C)CC(NC(=O)OCc1ccccc1)C(=O)NC(CC(C)C)C(=O)NC(Cc1ccccc1)C(=O)C(=O)NOCc1ccccc1. The molecule has 256 valence electrons. The minimum Gasteiger partial charge on any atom is -0.445 e. The molecule has 0 bridgehead atoms. The van der Waals surface area contributed by atoms with Gasteiger partial charge in [-0.1, -0.05) is 119 Å². The van der Waals surface area contributed by atoms with Gasteiger partial charge < -0.3 is 20.7 Å². The van der Waals surface area contributed by atoms with Crippen LogP contribution in [0.3, 0.4) is 0 Å². The lowest BCUT2D eigenvalue weighted by Crippen LogP contribution is -2.57. The summed E-state index contributed by atoms with van der Waals surface area (Å²) in [6, 6.07) is 23.9. The fraction of sp³-hybridized carbons (Fsp3) is 0.378. The molecule has 11 nitrogen and oxygen atoms in total. The van der Waals surface area contributed by atoms with E-state index in [9.17, 15) is 24.0 Å². The quantitative estimate of drug-likeness (QED) is 0.117. The molecule has 3 aromatic rings. The summed E-state index contributed by atoms with van der Waals surface area (Å²) in [5, 5.41) is 8.09. The van der Waals surface area contributed by atoms with Gasteiger partial charge in [0.1, 0.15) is 24.7 Å². The molecule has 0 saturated carbocycles. The summed E-state index contributed by atoms with van der Waals surface area (Å²) in [4.78, 5) is 71.4. The normalized spacial score (nSPS) is 12.8. The maximum Gasteiger partial charge on any atom is 0.408 e. The van der Waals surface area contributed by atoms with Gasteiger partial charge in [0, 0.05) is 6.42 Å². The first kappa shape index (κ1) is 37.4. The molecule has 0 radical (unpaired) electrons. The van der Waals surface area contributed by atoms with Crippen LogP contribution in [0.1, 0.15) is 57.2 Å². The van der Waals surface area contributed by atoms with E-state index in [2.05, 4.69) is 21.4 Å². The molecule has 4 amide bonds. The highest BCUT2D eigenvalue weighted by molar-refractivity contribution is 6.38. The van der Waals surface area contributed by atoms with E-state index in [0.717, 1.165) is 11.1 Å². The van der Waals surface area contributed by atoms with Gasteiger partial charge in [-0.3, -0.25) is 24.0 Å². The van der Waals surface area contributed by atoms with Gasteiger partial charge in [-0.25, -0.2) is 10.3 Å². The number of ether oxygens (including phenoxy) is 1. The first-order valence-corrected chi connectivity index (χ1v) is 16.1. The summed E-state index contributed by atoms with van der Waals surface area (Å²) >= 11 is 0. The number of Topliss-reactive ketones (excluding diaryl/α,β-unsaturated/α-hetero) is 1. The fourth-order valence-electron chi connectivity index (χ4n) is 4.88. The monoisotopic (exact) mass is 658 g/mol. The van der Waals surface area contributed by atoms with Gasteiger partial charge in [-0.2, -0.15) is 0 Å². The summed E-state index contributed by atoms with van der Waals surface area (Å²) in [5.74, 6) is -3.13. The fourth-order valence-corrected chi connectivity index (χ4v) is 4.88. The lowest BCUT2D eigenvalue weighted by Gasteiger charge is -2.26. The molecule has 0 heterocycles. The molecule has 11 heteroatoms. The number of hydrogen-bond donors (Lipinski definition) is 4. The largest absolute Gasteiger partial charge is 0.445 e. The summed E-state index contributed by atoms with van der Waals surface area (Å²) in [7, 11) is 0. The highest BCUT2D eigenvalue weighted by Gasteiger charge is 2.33. The Morgan fingerprint density at radius 3 is 1.50 bits per heavy atom. The van der Waals surface area contributed by atoms with Crippen molar-refractivity contribution in [2.45, 2.75) is 78.3 Å². The number of carbonyl (C=O) groups is 5. The Kier molecular flexibility index (Phi) is 15.3. The summed E-state index contributed by atoms with van der Waals surface area (Å²) < 4.78 is 5.32. The number of nitrogens with one attached hydrogen (secondary N) is 4. The molecule has 0 aliphatic carbocycles. The number of rotatable bonds is 18. The van der Waals surface area contributed by atoms with E-state index < -0.39 is 47.7 Å². The van der Waals surface area contributed by atoms with Crippen molar-refractivity contribution in [1.29, 1.82) is 0 Å². The van der Waals surface area contributed by atoms with E-state index in [4.69, 9.17) is 9.57 Å². The highest BCUT2D eigenvalue weighted by Crippen LogP contribution is 2.12. The number of alkyl carbamates (subject to hydrolysis) is 1.